The monoisotopic (exact) mass is 317 g/mol. The highest BCUT2D eigenvalue weighted by atomic mass is 16.7. The predicted octanol–water partition coefficient (Wildman–Crippen LogP) is 1.82. The van der Waals surface area contributed by atoms with E-state index in [0.717, 1.165) is 0 Å². The van der Waals surface area contributed by atoms with Gasteiger partial charge in [-0.3, -0.25) is 0 Å². The van der Waals surface area contributed by atoms with Gasteiger partial charge in [0.2, 0.25) is 0 Å². The van der Waals surface area contributed by atoms with Crippen LogP contribution < -0.4 is 9.47 Å². The van der Waals surface area contributed by atoms with Crippen molar-refractivity contribution in [3.63, 3.8) is 0 Å². The highest BCUT2D eigenvalue weighted by Gasteiger charge is 2.39. The molecule has 7 heteroatoms. The number of nitrogens with zero attached hydrogens (tertiary/aromatic N) is 1. The van der Waals surface area contributed by atoms with Gasteiger partial charge in [-0.25, -0.2) is 9.59 Å². The summed E-state index contributed by atoms with van der Waals surface area (Å²) in [5.74, 6) is -2.06. The molecule has 1 aromatic carbocycles. The Labute approximate surface area is 133 Å². The molecule has 1 fully saturated rings. The topological polar surface area (TPSA) is 94.8 Å². The normalized spacial score (nSPS) is 16.0. The van der Waals surface area contributed by atoms with Crippen LogP contribution in [-0.4, -0.2) is 31.4 Å². The molecular weight excluding hydrogens is 302 g/mol. The molecule has 0 bridgehead atoms. The Morgan fingerprint density at radius 3 is 2.48 bits per heavy atom. The minimum Gasteiger partial charge on any atom is -0.497 e. The minimum absolute atomic E-state index is 0.176. The van der Waals surface area contributed by atoms with Crippen LogP contribution in [0.15, 0.2) is 23.8 Å². The molecule has 0 unspecified atom stereocenters. The predicted molar refractivity (Wildman–Crippen MR) is 78.3 cm³/mol. The van der Waals surface area contributed by atoms with E-state index < -0.39 is 17.7 Å². The Bertz CT molecular complexity index is 692. The summed E-state index contributed by atoms with van der Waals surface area (Å²) >= 11 is 0. The van der Waals surface area contributed by atoms with Crippen molar-refractivity contribution in [2.45, 2.75) is 19.6 Å². The van der Waals surface area contributed by atoms with E-state index in [9.17, 15) is 9.59 Å². The minimum atomic E-state index is -1.31. The lowest BCUT2D eigenvalue weighted by Gasteiger charge is -2.29. The summed E-state index contributed by atoms with van der Waals surface area (Å²) in [7, 11) is 1.48. The summed E-state index contributed by atoms with van der Waals surface area (Å²) in [6, 6.07) is 6.63. The number of nitriles is 1. The Balaban J connectivity index is 2.42. The molecule has 2 rings (SSSR count). The van der Waals surface area contributed by atoms with Crippen LogP contribution in [0, 0.1) is 11.3 Å². The number of cyclic esters (lactones) is 2. The van der Waals surface area contributed by atoms with Crippen LogP contribution in [0.5, 0.6) is 11.5 Å². The molecule has 7 nitrogen and oxygen atoms in total. The van der Waals surface area contributed by atoms with Crippen molar-refractivity contribution in [2.24, 2.45) is 0 Å². The zero-order chi connectivity index (χ0) is 17.0. The van der Waals surface area contributed by atoms with Gasteiger partial charge in [0.15, 0.2) is 6.61 Å². The molecule has 0 amide bonds. The molecule has 0 N–H and O–H groups in total. The standard InChI is InChI=1S/C16H15NO6/c1-16(2)22-14(18)12(15(19)23-16)9-10-8-11(20-3)4-5-13(10)21-7-6-17/h4-5,8-9H,7H2,1-3H3. The summed E-state index contributed by atoms with van der Waals surface area (Å²) in [5, 5.41) is 8.62. The van der Waals surface area contributed by atoms with Crippen molar-refractivity contribution < 1.29 is 28.5 Å². The van der Waals surface area contributed by atoms with E-state index in [1.54, 1.807) is 18.2 Å². The molecule has 0 atom stereocenters. The lowest BCUT2D eigenvalue weighted by Crippen LogP contribution is -2.41. The average molecular weight is 317 g/mol. The van der Waals surface area contributed by atoms with Crippen molar-refractivity contribution in [1.29, 1.82) is 5.26 Å². The smallest absolute Gasteiger partial charge is 0.348 e. The number of hydrogen-bond acceptors (Lipinski definition) is 7. The third kappa shape index (κ3) is 3.80. The van der Waals surface area contributed by atoms with Gasteiger partial charge < -0.3 is 18.9 Å². The molecule has 1 saturated heterocycles. The fourth-order valence-electron chi connectivity index (χ4n) is 1.94. The van der Waals surface area contributed by atoms with Gasteiger partial charge in [0.1, 0.15) is 23.1 Å². The fourth-order valence-corrected chi connectivity index (χ4v) is 1.94. The van der Waals surface area contributed by atoms with E-state index in [-0.39, 0.29) is 12.2 Å². The molecule has 1 aliphatic rings. The molecule has 0 saturated carbocycles. The first-order valence-electron chi connectivity index (χ1n) is 6.72. The van der Waals surface area contributed by atoms with Crippen molar-refractivity contribution in [3.8, 4) is 17.6 Å². The van der Waals surface area contributed by atoms with Gasteiger partial charge in [0.05, 0.1) is 7.11 Å². The quantitative estimate of drug-likeness (QED) is 0.475. The first-order valence-corrected chi connectivity index (χ1v) is 6.72. The van der Waals surface area contributed by atoms with Gasteiger partial charge >= 0.3 is 11.9 Å². The van der Waals surface area contributed by atoms with Crippen LogP contribution in [0.2, 0.25) is 0 Å². The van der Waals surface area contributed by atoms with Gasteiger partial charge in [-0.15, -0.1) is 0 Å². The van der Waals surface area contributed by atoms with Gasteiger partial charge in [-0.2, -0.15) is 5.26 Å². The molecule has 0 aliphatic carbocycles. The molecule has 1 heterocycles. The fraction of sp³-hybridized carbons (Fsp3) is 0.312. The Morgan fingerprint density at radius 2 is 1.91 bits per heavy atom. The van der Waals surface area contributed by atoms with Crippen LogP contribution in [0.25, 0.3) is 6.08 Å². The van der Waals surface area contributed by atoms with Gasteiger partial charge in [0, 0.05) is 19.4 Å². The van der Waals surface area contributed by atoms with Gasteiger partial charge in [-0.1, -0.05) is 0 Å². The molecule has 1 aliphatic heterocycles. The number of rotatable bonds is 4. The van der Waals surface area contributed by atoms with Crippen LogP contribution in [0.3, 0.4) is 0 Å². The number of ether oxygens (including phenoxy) is 4. The van der Waals surface area contributed by atoms with E-state index in [0.29, 0.717) is 17.1 Å². The summed E-state index contributed by atoms with van der Waals surface area (Å²) in [4.78, 5) is 24.0. The van der Waals surface area contributed by atoms with Crippen molar-refractivity contribution in [3.05, 3.63) is 29.3 Å². The molecule has 1 aromatic rings. The van der Waals surface area contributed by atoms with Crippen LogP contribution in [0.1, 0.15) is 19.4 Å². The lowest BCUT2D eigenvalue weighted by atomic mass is 10.1. The second kappa shape index (κ2) is 6.40. The number of carbonyl (C=O) groups is 2. The van der Waals surface area contributed by atoms with E-state index in [1.165, 1.54) is 27.0 Å². The van der Waals surface area contributed by atoms with Crippen LogP contribution >= 0.6 is 0 Å². The summed E-state index contributed by atoms with van der Waals surface area (Å²) in [6.45, 7) is 2.75. The maximum atomic E-state index is 12.0. The second-order valence-corrected chi connectivity index (χ2v) is 5.09. The highest BCUT2D eigenvalue weighted by Crippen LogP contribution is 2.29. The number of carbonyl (C=O) groups excluding carboxylic acids is 2. The summed E-state index contributed by atoms with van der Waals surface area (Å²) in [6.07, 6.45) is 1.29. The Kier molecular flexibility index (Phi) is 4.55. The van der Waals surface area contributed by atoms with Crippen LogP contribution in [-0.2, 0) is 19.1 Å². The SMILES string of the molecule is COc1ccc(OCC#N)c(C=C2C(=O)OC(C)(C)OC2=O)c1. The Morgan fingerprint density at radius 1 is 1.26 bits per heavy atom. The number of methoxy groups -OCH3 is 1. The molecule has 0 radical (unpaired) electrons. The Hall–Kier alpha value is -3.01. The van der Waals surface area contributed by atoms with Gasteiger partial charge in [-0.05, 0) is 24.3 Å². The zero-order valence-electron chi connectivity index (χ0n) is 12.9. The average Bonchev–Trinajstić information content (AvgIpc) is 2.48. The zero-order valence-corrected chi connectivity index (χ0v) is 12.9. The number of hydrogen-bond donors (Lipinski definition) is 0. The molecule has 23 heavy (non-hydrogen) atoms. The van der Waals surface area contributed by atoms with Crippen molar-refractivity contribution in [1.82, 2.24) is 0 Å². The molecule has 120 valence electrons. The summed E-state index contributed by atoms with van der Waals surface area (Å²) < 4.78 is 20.4. The third-order valence-electron chi connectivity index (χ3n) is 2.93. The lowest BCUT2D eigenvalue weighted by molar-refractivity contribution is -0.222. The third-order valence-corrected chi connectivity index (χ3v) is 2.93. The van der Waals surface area contributed by atoms with Crippen molar-refractivity contribution in [2.75, 3.05) is 13.7 Å². The van der Waals surface area contributed by atoms with Crippen molar-refractivity contribution >= 4 is 18.0 Å². The highest BCUT2D eigenvalue weighted by molar-refractivity contribution is 6.19. The first-order chi connectivity index (χ1) is 10.9. The molecular formula is C16H15NO6. The van der Waals surface area contributed by atoms with Crippen LogP contribution in [0.4, 0.5) is 0 Å². The first kappa shape index (κ1) is 16.4. The second-order valence-electron chi connectivity index (χ2n) is 5.09. The number of esters is 2. The van der Waals surface area contributed by atoms with E-state index in [4.69, 9.17) is 24.2 Å². The maximum Gasteiger partial charge on any atom is 0.348 e. The van der Waals surface area contributed by atoms with Gasteiger partial charge in [0.25, 0.3) is 5.79 Å². The van der Waals surface area contributed by atoms with E-state index in [2.05, 4.69) is 0 Å². The molecule has 0 spiro atoms. The van der Waals surface area contributed by atoms with E-state index in [1.807, 2.05) is 6.07 Å². The molecule has 0 aromatic heterocycles. The maximum absolute atomic E-state index is 12.0. The van der Waals surface area contributed by atoms with E-state index >= 15 is 0 Å². The largest absolute Gasteiger partial charge is 0.497 e. The number of benzene rings is 1. The summed E-state index contributed by atoms with van der Waals surface area (Å²) in [5.41, 5.74) is 0.127.